The fraction of sp³-hybridized carbons (Fsp3) is 0.529. The number of benzene rings is 1. The molecule has 2 heterocycles. The van der Waals surface area contributed by atoms with Gasteiger partial charge in [-0.05, 0) is 45.7 Å². The van der Waals surface area contributed by atoms with E-state index in [-0.39, 0.29) is 12.1 Å². The van der Waals surface area contributed by atoms with Crippen molar-refractivity contribution in [2.45, 2.75) is 51.8 Å². The lowest BCUT2D eigenvalue weighted by molar-refractivity contribution is 0.0215. The van der Waals surface area contributed by atoms with E-state index >= 15 is 0 Å². The van der Waals surface area contributed by atoms with Crippen molar-refractivity contribution >= 4 is 23.1 Å². The highest BCUT2D eigenvalue weighted by Gasteiger charge is 2.32. The van der Waals surface area contributed by atoms with Crippen LogP contribution in [0, 0.1) is 0 Å². The number of ether oxygens (including phenoxy) is 1. The zero-order valence-electron chi connectivity index (χ0n) is 14.0. The molecule has 6 nitrogen and oxygen atoms in total. The van der Waals surface area contributed by atoms with Gasteiger partial charge in [-0.25, -0.2) is 9.78 Å². The first kappa shape index (κ1) is 15.6. The second-order valence-corrected chi connectivity index (χ2v) is 7.04. The third-order valence-corrected chi connectivity index (χ3v) is 4.08. The summed E-state index contributed by atoms with van der Waals surface area (Å²) < 4.78 is 7.51. The summed E-state index contributed by atoms with van der Waals surface area (Å²) >= 11 is 0. The van der Waals surface area contributed by atoms with Crippen LogP contribution in [0.4, 0.5) is 10.7 Å². The maximum Gasteiger partial charge on any atom is 0.410 e. The van der Waals surface area contributed by atoms with E-state index in [0.717, 1.165) is 30.4 Å². The van der Waals surface area contributed by atoms with Crippen molar-refractivity contribution in [3.05, 3.63) is 24.3 Å². The van der Waals surface area contributed by atoms with Gasteiger partial charge >= 0.3 is 6.09 Å². The highest BCUT2D eigenvalue weighted by atomic mass is 16.6. The van der Waals surface area contributed by atoms with Crippen molar-refractivity contribution in [1.29, 1.82) is 0 Å². The van der Waals surface area contributed by atoms with Gasteiger partial charge in [0.25, 0.3) is 0 Å². The number of carbonyl (C=O) groups is 1. The number of aromatic nitrogens is 2. The largest absolute Gasteiger partial charge is 0.444 e. The number of hydrogen-bond acceptors (Lipinski definition) is 4. The van der Waals surface area contributed by atoms with E-state index in [9.17, 15) is 4.79 Å². The molecule has 0 unspecified atom stereocenters. The van der Waals surface area contributed by atoms with Gasteiger partial charge in [-0.3, -0.25) is 0 Å². The Kier molecular flexibility index (Phi) is 3.92. The Morgan fingerprint density at radius 3 is 2.87 bits per heavy atom. The van der Waals surface area contributed by atoms with E-state index in [2.05, 4.69) is 4.98 Å². The molecule has 23 heavy (non-hydrogen) atoms. The van der Waals surface area contributed by atoms with Crippen molar-refractivity contribution in [2.75, 3.05) is 12.3 Å². The topological polar surface area (TPSA) is 73.4 Å². The lowest BCUT2D eigenvalue weighted by Gasteiger charge is -2.29. The van der Waals surface area contributed by atoms with Crippen molar-refractivity contribution in [1.82, 2.24) is 14.5 Å². The number of rotatable bonds is 2. The molecule has 0 aliphatic carbocycles. The lowest BCUT2D eigenvalue weighted by atomic mass is 10.2. The monoisotopic (exact) mass is 316 g/mol. The highest BCUT2D eigenvalue weighted by molar-refractivity contribution is 5.78. The van der Waals surface area contributed by atoms with Crippen LogP contribution < -0.4 is 5.73 Å². The van der Waals surface area contributed by atoms with Crippen LogP contribution in [-0.2, 0) is 11.3 Å². The molecule has 1 fully saturated rings. The van der Waals surface area contributed by atoms with Gasteiger partial charge < -0.3 is 19.9 Å². The predicted molar refractivity (Wildman–Crippen MR) is 90.1 cm³/mol. The molecule has 1 aromatic carbocycles. The molecular weight excluding hydrogens is 292 g/mol. The van der Waals surface area contributed by atoms with Crippen molar-refractivity contribution in [3.63, 3.8) is 0 Å². The summed E-state index contributed by atoms with van der Waals surface area (Å²) in [5, 5.41) is 0. The summed E-state index contributed by atoms with van der Waals surface area (Å²) in [6, 6.07) is 7.96. The Bertz CT molecular complexity index is 717. The predicted octanol–water partition coefficient (Wildman–Crippen LogP) is 3.02. The second kappa shape index (κ2) is 5.76. The molecule has 0 bridgehead atoms. The molecule has 1 aromatic heterocycles. The molecule has 1 atom stereocenters. The molecule has 6 heteroatoms. The number of amides is 1. The minimum atomic E-state index is -0.481. The summed E-state index contributed by atoms with van der Waals surface area (Å²) in [6.07, 6.45) is 1.68. The minimum absolute atomic E-state index is 0.0877. The van der Waals surface area contributed by atoms with E-state index in [4.69, 9.17) is 10.5 Å². The number of carbonyl (C=O) groups excluding carboxylic acids is 1. The lowest BCUT2D eigenvalue weighted by Crippen LogP contribution is -2.41. The SMILES string of the molecule is CC(C)(C)OC(=O)N1CCC[C@@H]1Cn1c(N)nc2ccccc21. The average molecular weight is 316 g/mol. The summed E-state index contributed by atoms with van der Waals surface area (Å²) in [6.45, 7) is 7.03. The smallest absolute Gasteiger partial charge is 0.410 e. The summed E-state index contributed by atoms with van der Waals surface area (Å²) in [7, 11) is 0. The van der Waals surface area contributed by atoms with Crippen LogP contribution in [0.3, 0.4) is 0 Å². The first-order valence-electron chi connectivity index (χ1n) is 8.05. The summed E-state index contributed by atoms with van der Waals surface area (Å²) in [4.78, 5) is 18.6. The number of fused-ring (bicyclic) bond motifs is 1. The Morgan fingerprint density at radius 1 is 1.39 bits per heavy atom. The number of anilines is 1. The van der Waals surface area contributed by atoms with Crippen LogP contribution in [0.2, 0.25) is 0 Å². The van der Waals surface area contributed by atoms with E-state index < -0.39 is 5.60 Å². The van der Waals surface area contributed by atoms with Crippen LogP contribution in [0.15, 0.2) is 24.3 Å². The number of para-hydroxylation sites is 2. The van der Waals surface area contributed by atoms with Gasteiger partial charge in [0.1, 0.15) is 5.60 Å². The molecule has 0 spiro atoms. The Balaban J connectivity index is 1.81. The van der Waals surface area contributed by atoms with Gasteiger partial charge in [0.2, 0.25) is 5.95 Å². The fourth-order valence-corrected chi connectivity index (χ4v) is 3.08. The summed E-state index contributed by atoms with van der Waals surface area (Å²) in [5.74, 6) is 0.488. The summed E-state index contributed by atoms with van der Waals surface area (Å²) in [5.41, 5.74) is 7.47. The number of nitrogens with zero attached hydrogens (tertiary/aromatic N) is 3. The number of hydrogen-bond donors (Lipinski definition) is 1. The van der Waals surface area contributed by atoms with Gasteiger partial charge in [0.05, 0.1) is 17.1 Å². The molecule has 0 radical (unpaired) electrons. The molecule has 3 rings (SSSR count). The van der Waals surface area contributed by atoms with Gasteiger partial charge in [0.15, 0.2) is 0 Å². The maximum atomic E-state index is 12.4. The second-order valence-electron chi connectivity index (χ2n) is 7.04. The average Bonchev–Trinajstić information content (AvgIpc) is 3.03. The number of imidazole rings is 1. The van der Waals surface area contributed by atoms with Crippen molar-refractivity contribution in [3.8, 4) is 0 Å². The van der Waals surface area contributed by atoms with Crippen LogP contribution >= 0.6 is 0 Å². The maximum absolute atomic E-state index is 12.4. The van der Waals surface area contributed by atoms with Crippen LogP contribution in [0.1, 0.15) is 33.6 Å². The first-order chi connectivity index (χ1) is 10.8. The molecule has 0 saturated carbocycles. The standard InChI is InChI=1S/C17H24N4O2/c1-17(2,3)23-16(22)20-10-6-7-12(20)11-21-14-9-5-4-8-13(14)19-15(21)18/h4-5,8-9,12H,6-7,10-11H2,1-3H3,(H2,18,19)/t12-/m1/s1. The van der Waals surface area contributed by atoms with Gasteiger partial charge in [-0.15, -0.1) is 0 Å². The van der Waals surface area contributed by atoms with Gasteiger partial charge in [-0.1, -0.05) is 12.1 Å². The van der Waals surface area contributed by atoms with Crippen molar-refractivity contribution in [2.24, 2.45) is 0 Å². The molecule has 1 aliphatic heterocycles. The molecule has 2 aromatic rings. The molecule has 1 saturated heterocycles. The van der Waals surface area contributed by atoms with Crippen LogP contribution in [0.25, 0.3) is 11.0 Å². The molecular formula is C17H24N4O2. The molecule has 1 aliphatic rings. The zero-order chi connectivity index (χ0) is 16.6. The van der Waals surface area contributed by atoms with E-state index in [1.807, 2.05) is 54.5 Å². The van der Waals surface area contributed by atoms with Crippen molar-refractivity contribution < 1.29 is 9.53 Å². The Hall–Kier alpha value is -2.24. The van der Waals surface area contributed by atoms with Gasteiger partial charge in [-0.2, -0.15) is 0 Å². The van der Waals surface area contributed by atoms with Crippen LogP contribution in [0.5, 0.6) is 0 Å². The Labute approximate surface area is 136 Å². The molecule has 2 N–H and O–H groups in total. The van der Waals surface area contributed by atoms with E-state index in [1.54, 1.807) is 0 Å². The third-order valence-electron chi connectivity index (χ3n) is 4.08. The minimum Gasteiger partial charge on any atom is -0.444 e. The number of likely N-dealkylation sites (tertiary alicyclic amines) is 1. The van der Waals surface area contributed by atoms with E-state index in [0.29, 0.717) is 12.5 Å². The van der Waals surface area contributed by atoms with Gasteiger partial charge in [0, 0.05) is 13.1 Å². The molecule has 1 amide bonds. The van der Waals surface area contributed by atoms with Crippen LogP contribution in [-0.4, -0.2) is 38.7 Å². The fourth-order valence-electron chi connectivity index (χ4n) is 3.08. The Morgan fingerprint density at radius 2 is 2.13 bits per heavy atom. The normalized spacial score (nSPS) is 18.6. The number of nitrogen functional groups attached to an aromatic ring is 1. The first-order valence-corrected chi connectivity index (χ1v) is 8.05. The quantitative estimate of drug-likeness (QED) is 0.924. The highest BCUT2D eigenvalue weighted by Crippen LogP contribution is 2.25. The van der Waals surface area contributed by atoms with E-state index in [1.165, 1.54) is 0 Å². The zero-order valence-corrected chi connectivity index (χ0v) is 14.0. The molecule has 124 valence electrons. The number of nitrogens with two attached hydrogens (primary N) is 1. The third kappa shape index (κ3) is 3.25.